The Kier molecular flexibility index (Phi) is 6.79. The van der Waals surface area contributed by atoms with Gasteiger partial charge in [-0.15, -0.1) is 0 Å². The first-order valence-electron chi connectivity index (χ1n) is 8.97. The van der Waals surface area contributed by atoms with E-state index >= 15 is 0 Å². The third-order valence-electron chi connectivity index (χ3n) is 4.50. The van der Waals surface area contributed by atoms with Gasteiger partial charge in [-0.1, -0.05) is 13.8 Å². The Morgan fingerprint density at radius 3 is 2.65 bits per heavy atom. The number of amides is 3. The maximum Gasteiger partial charge on any atom is 0.246 e. The van der Waals surface area contributed by atoms with Crippen LogP contribution in [0.3, 0.4) is 0 Å². The third-order valence-corrected chi connectivity index (χ3v) is 4.50. The molecule has 1 saturated heterocycles. The SMILES string of the molecule is CC(N)C(=O)NC(C(=O)N1CCCC1C(=O)NCc1ccco1)C(C)C. The van der Waals surface area contributed by atoms with E-state index in [0.29, 0.717) is 18.7 Å². The number of nitrogens with two attached hydrogens (primary N) is 1. The molecule has 3 atom stereocenters. The minimum Gasteiger partial charge on any atom is -0.467 e. The second-order valence-corrected chi connectivity index (χ2v) is 7.01. The summed E-state index contributed by atoms with van der Waals surface area (Å²) < 4.78 is 5.20. The lowest BCUT2D eigenvalue weighted by Gasteiger charge is -2.30. The number of furan rings is 1. The van der Waals surface area contributed by atoms with Gasteiger partial charge in [-0.25, -0.2) is 0 Å². The van der Waals surface area contributed by atoms with Crippen LogP contribution in [-0.2, 0) is 20.9 Å². The van der Waals surface area contributed by atoms with E-state index in [0.717, 1.165) is 6.42 Å². The van der Waals surface area contributed by atoms with E-state index < -0.39 is 18.1 Å². The normalized spacial score (nSPS) is 19.3. The number of carbonyl (C=O) groups excluding carboxylic acids is 3. The van der Waals surface area contributed by atoms with E-state index in [-0.39, 0.29) is 30.2 Å². The maximum atomic E-state index is 13.0. The number of carbonyl (C=O) groups is 3. The van der Waals surface area contributed by atoms with Crippen molar-refractivity contribution in [2.24, 2.45) is 11.7 Å². The second kappa shape index (κ2) is 8.84. The van der Waals surface area contributed by atoms with Crippen molar-refractivity contribution < 1.29 is 18.8 Å². The molecule has 1 aromatic rings. The van der Waals surface area contributed by atoms with Crippen molar-refractivity contribution in [3.8, 4) is 0 Å². The lowest BCUT2D eigenvalue weighted by Crippen LogP contribution is -2.56. The van der Waals surface area contributed by atoms with E-state index in [2.05, 4.69) is 10.6 Å². The van der Waals surface area contributed by atoms with Gasteiger partial charge in [-0.2, -0.15) is 0 Å². The van der Waals surface area contributed by atoms with Crippen LogP contribution in [-0.4, -0.2) is 47.3 Å². The fraction of sp³-hybridized carbons (Fsp3) is 0.611. The first-order valence-corrected chi connectivity index (χ1v) is 8.97. The Labute approximate surface area is 153 Å². The second-order valence-electron chi connectivity index (χ2n) is 7.01. The molecule has 3 unspecified atom stereocenters. The monoisotopic (exact) mass is 364 g/mol. The van der Waals surface area contributed by atoms with Crippen LogP contribution >= 0.6 is 0 Å². The summed E-state index contributed by atoms with van der Waals surface area (Å²) in [5.74, 6) is -0.302. The molecule has 0 aliphatic carbocycles. The van der Waals surface area contributed by atoms with Crippen LogP contribution in [0, 0.1) is 5.92 Å². The lowest BCUT2D eigenvalue weighted by atomic mass is 10.0. The molecule has 4 N–H and O–H groups in total. The fourth-order valence-corrected chi connectivity index (χ4v) is 2.99. The topological polar surface area (TPSA) is 118 Å². The predicted molar refractivity (Wildman–Crippen MR) is 95.7 cm³/mol. The van der Waals surface area contributed by atoms with Gasteiger partial charge in [-0.05, 0) is 37.8 Å². The highest BCUT2D eigenvalue weighted by Crippen LogP contribution is 2.20. The average Bonchev–Trinajstić information content (AvgIpc) is 3.27. The maximum absolute atomic E-state index is 13.0. The molecule has 1 aliphatic heterocycles. The van der Waals surface area contributed by atoms with Gasteiger partial charge in [0, 0.05) is 6.54 Å². The summed E-state index contributed by atoms with van der Waals surface area (Å²) in [5.41, 5.74) is 5.59. The zero-order valence-electron chi connectivity index (χ0n) is 15.5. The molecule has 0 aromatic carbocycles. The number of nitrogens with one attached hydrogen (secondary N) is 2. The Morgan fingerprint density at radius 2 is 2.08 bits per heavy atom. The number of hydrogen-bond acceptors (Lipinski definition) is 5. The molecule has 2 rings (SSSR count). The van der Waals surface area contributed by atoms with Gasteiger partial charge < -0.3 is 25.7 Å². The molecule has 1 aliphatic rings. The molecule has 0 saturated carbocycles. The van der Waals surface area contributed by atoms with Crippen LogP contribution in [0.2, 0.25) is 0 Å². The van der Waals surface area contributed by atoms with Gasteiger partial charge >= 0.3 is 0 Å². The molecule has 3 amide bonds. The highest BCUT2D eigenvalue weighted by Gasteiger charge is 2.38. The molecule has 2 heterocycles. The molecule has 8 nitrogen and oxygen atoms in total. The van der Waals surface area contributed by atoms with Crippen LogP contribution in [0.5, 0.6) is 0 Å². The predicted octanol–water partition coefficient (Wildman–Crippen LogP) is 0.375. The molecule has 0 bridgehead atoms. The summed E-state index contributed by atoms with van der Waals surface area (Å²) in [4.78, 5) is 39.0. The van der Waals surface area contributed by atoms with Crippen LogP contribution in [0.15, 0.2) is 22.8 Å². The molecule has 0 spiro atoms. The van der Waals surface area contributed by atoms with Crippen molar-refractivity contribution in [1.82, 2.24) is 15.5 Å². The molecule has 1 aromatic heterocycles. The quantitative estimate of drug-likeness (QED) is 0.646. The molecular weight excluding hydrogens is 336 g/mol. The first-order chi connectivity index (χ1) is 12.3. The van der Waals surface area contributed by atoms with Crippen molar-refractivity contribution >= 4 is 17.7 Å². The van der Waals surface area contributed by atoms with Crippen LogP contribution in [0.1, 0.15) is 39.4 Å². The average molecular weight is 364 g/mol. The van der Waals surface area contributed by atoms with Gasteiger partial charge in [-0.3, -0.25) is 14.4 Å². The van der Waals surface area contributed by atoms with Crippen molar-refractivity contribution in [1.29, 1.82) is 0 Å². The Bertz CT molecular complexity index is 627. The molecule has 144 valence electrons. The Morgan fingerprint density at radius 1 is 1.35 bits per heavy atom. The number of nitrogens with zero attached hydrogens (tertiary/aromatic N) is 1. The van der Waals surface area contributed by atoms with Gasteiger partial charge in [0.05, 0.1) is 18.8 Å². The van der Waals surface area contributed by atoms with E-state index in [1.807, 2.05) is 13.8 Å². The van der Waals surface area contributed by atoms with Gasteiger partial charge in [0.15, 0.2) is 0 Å². The first kappa shape index (κ1) is 20.0. The zero-order valence-corrected chi connectivity index (χ0v) is 15.5. The van der Waals surface area contributed by atoms with Crippen molar-refractivity contribution in [3.05, 3.63) is 24.2 Å². The van der Waals surface area contributed by atoms with E-state index in [1.165, 1.54) is 0 Å². The summed E-state index contributed by atoms with van der Waals surface area (Å²) in [6, 6.07) is 1.59. The lowest BCUT2D eigenvalue weighted by molar-refractivity contribution is -0.142. The smallest absolute Gasteiger partial charge is 0.246 e. The van der Waals surface area contributed by atoms with Gasteiger partial charge in [0.1, 0.15) is 17.8 Å². The van der Waals surface area contributed by atoms with E-state index in [9.17, 15) is 14.4 Å². The molecule has 1 fully saturated rings. The van der Waals surface area contributed by atoms with Crippen molar-refractivity contribution in [2.75, 3.05) is 6.54 Å². The highest BCUT2D eigenvalue weighted by molar-refractivity contribution is 5.93. The summed E-state index contributed by atoms with van der Waals surface area (Å²) in [6.45, 7) is 6.05. The minimum atomic E-state index is -0.702. The van der Waals surface area contributed by atoms with Crippen LogP contribution in [0.25, 0.3) is 0 Å². The molecular formula is C18H28N4O4. The summed E-state index contributed by atoms with van der Waals surface area (Å²) >= 11 is 0. The van der Waals surface area contributed by atoms with Gasteiger partial charge in [0.25, 0.3) is 0 Å². The summed E-state index contributed by atoms with van der Waals surface area (Å²) in [5, 5.41) is 5.51. The minimum absolute atomic E-state index is 0.113. The number of hydrogen-bond donors (Lipinski definition) is 3. The fourth-order valence-electron chi connectivity index (χ4n) is 2.99. The number of likely N-dealkylation sites (tertiary alicyclic amines) is 1. The van der Waals surface area contributed by atoms with Crippen molar-refractivity contribution in [3.63, 3.8) is 0 Å². The van der Waals surface area contributed by atoms with Crippen LogP contribution < -0.4 is 16.4 Å². The van der Waals surface area contributed by atoms with E-state index in [1.54, 1.807) is 30.2 Å². The number of rotatable bonds is 7. The highest BCUT2D eigenvalue weighted by atomic mass is 16.3. The zero-order chi connectivity index (χ0) is 19.3. The largest absolute Gasteiger partial charge is 0.467 e. The summed E-state index contributed by atoms with van der Waals surface area (Å²) in [6.07, 6.45) is 2.89. The Hall–Kier alpha value is -2.35. The molecule has 8 heteroatoms. The third kappa shape index (κ3) is 4.85. The van der Waals surface area contributed by atoms with E-state index in [4.69, 9.17) is 10.2 Å². The van der Waals surface area contributed by atoms with Crippen LogP contribution in [0.4, 0.5) is 0 Å². The molecule has 0 radical (unpaired) electrons. The van der Waals surface area contributed by atoms with Crippen molar-refractivity contribution in [2.45, 2.75) is 58.3 Å². The standard InChI is InChI=1S/C18H28N4O4/c1-11(2)15(21-16(23)12(3)19)18(25)22-8-4-7-14(22)17(24)20-10-13-6-5-9-26-13/h5-6,9,11-12,14-15H,4,7-8,10,19H2,1-3H3,(H,20,24)(H,21,23). The summed E-state index contributed by atoms with van der Waals surface area (Å²) in [7, 11) is 0. The van der Waals surface area contributed by atoms with Gasteiger partial charge in [0.2, 0.25) is 17.7 Å². The Balaban J connectivity index is 2.02. The molecule has 26 heavy (non-hydrogen) atoms.